The Hall–Kier alpha value is -2.84. The van der Waals surface area contributed by atoms with Crippen molar-refractivity contribution >= 4 is 0 Å². The van der Waals surface area contributed by atoms with Crippen molar-refractivity contribution in [3.05, 3.63) is 120 Å². The molecule has 3 aromatic carbocycles. The van der Waals surface area contributed by atoms with Gasteiger partial charge in [0.1, 0.15) is 30.5 Å². The van der Waals surface area contributed by atoms with E-state index in [1.165, 1.54) is 0 Å². The Bertz CT molecular complexity index is 1090. The molecule has 0 radical (unpaired) electrons. The molecule has 1 aliphatic rings. The van der Waals surface area contributed by atoms with Gasteiger partial charge in [-0.15, -0.1) is 6.58 Å². The Morgan fingerprint density at radius 1 is 0.789 bits per heavy atom. The van der Waals surface area contributed by atoms with Crippen LogP contribution >= 0.6 is 0 Å². The highest BCUT2D eigenvalue weighted by atomic mass is 16.8. The molecular formula is C32H38O6. The number of ether oxygens (including phenoxy) is 5. The van der Waals surface area contributed by atoms with Crippen molar-refractivity contribution in [1.29, 1.82) is 0 Å². The fraction of sp³-hybridized carbons (Fsp3) is 0.375. The number of benzene rings is 3. The predicted molar refractivity (Wildman–Crippen MR) is 146 cm³/mol. The molecule has 3 aromatic rings. The number of hydrogen-bond donors (Lipinski definition) is 1. The first-order valence-electron chi connectivity index (χ1n) is 13.0. The van der Waals surface area contributed by atoms with E-state index in [1.807, 2.05) is 105 Å². The third-order valence-corrected chi connectivity index (χ3v) is 6.42. The van der Waals surface area contributed by atoms with Crippen LogP contribution < -0.4 is 0 Å². The number of hydrogen-bond acceptors (Lipinski definition) is 6. The fourth-order valence-electron chi connectivity index (χ4n) is 4.51. The minimum Gasteiger partial charge on any atom is -0.387 e. The van der Waals surface area contributed by atoms with E-state index in [2.05, 4.69) is 6.58 Å². The zero-order chi connectivity index (χ0) is 26.8. The standard InChI is InChI=1S/C32H38O6/c1-4-27-30(38-32(2,3)37-27)31(36-22-26-18-12-7-13-19-26)29(33)28(35-21-25-16-10-6-11-17-25)23-34-20-24-14-8-5-9-15-24/h4-19,27-31,33H,1,20-23H2,2-3H3/t27-,28-,29-,30+,31+/m1/s1. The van der Waals surface area contributed by atoms with Gasteiger partial charge in [0.15, 0.2) is 5.79 Å². The molecule has 6 heteroatoms. The van der Waals surface area contributed by atoms with Crippen molar-refractivity contribution in [2.75, 3.05) is 6.61 Å². The van der Waals surface area contributed by atoms with Crippen molar-refractivity contribution in [2.24, 2.45) is 0 Å². The van der Waals surface area contributed by atoms with Crippen LogP contribution in [0.25, 0.3) is 0 Å². The Balaban J connectivity index is 1.53. The van der Waals surface area contributed by atoms with Gasteiger partial charge in [-0.05, 0) is 30.5 Å². The summed E-state index contributed by atoms with van der Waals surface area (Å²) < 4.78 is 30.9. The van der Waals surface area contributed by atoms with Crippen LogP contribution in [0.1, 0.15) is 30.5 Å². The van der Waals surface area contributed by atoms with E-state index in [-0.39, 0.29) is 6.61 Å². The molecule has 1 N–H and O–H groups in total. The van der Waals surface area contributed by atoms with E-state index in [1.54, 1.807) is 6.08 Å². The zero-order valence-electron chi connectivity index (χ0n) is 22.1. The molecule has 0 aromatic heterocycles. The van der Waals surface area contributed by atoms with E-state index in [4.69, 9.17) is 23.7 Å². The molecule has 0 amide bonds. The summed E-state index contributed by atoms with van der Waals surface area (Å²) in [4.78, 5) is 0. The quantitative estimate of drug-likeness (QED) is 0.287. The Morgan fingerprint density at radius 3 is 1.82 bits per heavy atom. The van der Waals surface area contributed by atoms with Crippen LogP contribution in [0.3, 0.4) is 0 Å². The lowest BCUT2D eigenvalue weighted by atomic mass is 9.98. The number of aliphatic hydroxyl groups is 1. The van der Waals surface area contributed by atoms with Crippen molar-refractivity contribution < 1.29 is 28.8 Å². The minimum absolute atomic E-state index is 0.170. The normalized spacial score (nSPS) is 21.0. The van der Waals surface area contributed by atoms with Crippen molar-refractivity contribution in [2.45, 2.75) is 70.0 Å². The lowest BCUT2D eigenvalue weighted by Gasteiger charge is -2.34. The van der Waals surface area contributed by atoms with Crippen LogP contribution in [0, 0.1) is 0 Å². The summed E-state index contributed by atoms with van der Waals surface area (Å²) in [5, 5.41) is 11.8. The molecule has 6 nitrogen and oxygen atoms in total. The second-order valence-electron chi connectivity index (χ2n) is 9.89. The molecule has 1 heterocycles. The summed E-state index contributed by atoms with van der Waals surface area (Å²) in [6.45, 7) is 8.80. The average Bonchev–Trinajstić information content (AvgIpc) is 3.26. The smallest absolute Gasteiger partial charge is 0.164 e. The minimum atomic E-state index is -1.07. The van der Waals surface area contributed by atoms with Crippen LogP contribution in [0.2, 0.25) is 0 Å². The maximum Gasteiger partial charge on any atom is 0.164 e. The molecule has 1 saturated heterocycles. The van der Waals surface area contributed by atoms with E-state index < -0.39 is 36.3 Å². The van der Waals surface area contributed by atoms with Crippen molar-refractivity contribution in [1.82, 2.24) is 0 Å². The van der Waals surface area contributed by atoms with E-state index in [0.717, 1.165) is 16.7 Å². The first kappa shape index (κ1) is 28.2. The number of aliphatic hydroxyl groups excluding tert-OH is 1. The fourth-order valence-corrected chi connectivity index (χ4v) is 4.51. The van der Waals surface area contributed by atoms with Gasteiger partial charge in [0.2, 0.25) is 0 Å². The van der Waals surface area contributed by atoms with Crippen molar-refractivity contribution in [3.8, 4) is 0 Å². The average molecular weight is 519 g/mol. The SMILES string of the molecule is C=C[C@H]1OC(C)(C)O[C@@H]1[C@@H](OCc1ccccc1)[C@H](O)[C@@H](COCc1ccccc1)OCc1ccccc1. The van der Waals surface area contributed by atoms with Crippen LogP contribution in [0.15, 0.2) is 104 Å². The largest absolute Gasteiger partial charge is 0.387 e. The summed E-state index contributed by atoms with van der Waals surface area (Å²) in [6.07, 6.45) is -1.86. The molecule has 38 heavy (non-hydrogen) atoms. The zero-order valence-corrected chi connectivity index (χ0v) is 22.1. The summed E-state index contributed by atoms with van der Waals surface area (Å²) in [5.41, 5.74) is 3.03. The number of rotatable bonds is 14. The van der Waals surface area contributed by atoms with E-state index in [0.29, 0.717) is 19.8 Å². The molecule has 0 aliphatic carbocycles. The topological polar surface area (TPSA) is 66.4 Å². The molecule has 202 valence electrons. The monoisotopic (exact) mass is 518 g/mol. The molecule has 0 saturated carbocycles. The lowest BCUT2D eigenvalue weighted by Crippen LogP contribution is -2.51. The lowest BCUT2D eigenvalue weighted by molar-refractivity contribution is -0.193. The molecule has 5 atom stereocenters. The molecule has 0 bridgehead atoms. The molecular weight excluding hydrogens is 480 g/mol. The first-order chi connectivity index (χ1) is 18.4. The molecule has 0 spiro atoms. The van der Waals surface area contributed by atoms with E-state index in [9.17, 15) is 5.11 Å². The molecule has 1 aliphatic heterocycles. The van der Waals surface area contributed by atoms with Crippen LogP contribution in [0.4, 0.5) is 0 Å². The van der Waals surface area contributed by atoms with Gasteiger partial charge in [-0.25, -0.2) is 0 Å². The van der Waals surface area contributed by atoms with Crippen LogP contribution in [-0.2, 0) is 43.5 Å². The summed E-state index contributed by atoms with van der Waals surface area (Å²) >= 11 is 0. The van der Waals surface area contributed by atoms with E-state index >= 15 is 0 Å². The summed E-state index contributed by atoms with van der Waals surface area (Å²) in [5.74, 6) is -0.845. The second-order valence-corrected chi connectivity index (χ2v) is 9.89. The third-order valence-electron chi connectivity index (χ3n) is 6.42. The highest BCUT2D eigenvalue weighted by molar-refractivity contribution is 5.15. The van der Waals surface area contributed by atoms with Gasteiger partial charge >= 0.3 is 0 Å². The maximum atomic E-state index is 11.8. The van der Waals surface area contributed by atoms with Gasteiger partial charge in [0.05, 0.1) is 26.4 Å². The summed E-state index contributed by atoms with van der Waals surface area (Å²) in [6, 6.07) is 29.6. The van der Waals surface area contributed by atoms with Crippen LogP contribution in [0.5, 0.6) is 0 Å². The predicted octanol–water partition coefficient (Wildman–Crippen LogP) is 5.44. The van der Waals surface area contributed by atoms with Gasteiger partial charge in [0.25, 0.3) is 0 Å². The van der Waals surface area contributed by atoms with Crippen molar-refractivity contribution in [3.63, 3.8) is 0 Å². The molecule has 1 fully saturated rings. The van der Waals surface area contributed by atoms with Gasteiger partial charge in [-0.2, -0.15) is 0 Å². The Labute approximate surface area is 225 Å². The second kappa shape index (κ2) is 13.8. The van der Waals surface area contributed by atoms with Gasteiger partial charge in [0, 0.05) is 0 Å². The van der Waals surface area contributed by atoms with Gasteiger partial charge < -0.3 is 28.8 Å². The summed E-state index contributed by atoms with van der Waals surface area (Å²) in [7, 11) is 0. The molecule has 0 unspecified atom stereocenters. The highest BCUT2D eigenvalue weighted by Gasteiger charge is 2.48. The Morgan fingerprint density at radius 2 is 1.29 bits per heavy atom. The first-order valence-corrected chi connectivity index (χ1v) is 13.0. The Kier molecular flexibility index (Phi) is 10.2. The van der Waals surface area contributed by atoms with Gasteiger partial charge in [-0.3, -0.25) is 0 Å². The van der Waals surface area contributed by atoms with Crippen LogP contribution in [-0.4, -0.2) is 48.0 Å². The highest BCUT2D eigenvalue weighted by Crippen LogP contribution is 2.34. The molecule has 4 rings (SSSR count). The van der Waals surface area contributed by atoms with Gasteiger partial charge in [-0.1, -0.05) is 97.1 Å². The third kappa shape index (κ3) is 8.08. The maximum absolute atomic E-state index is 11.8.